The molecule has 0 radical (unpaired) electrons. The van der Waals surface area contributed by atoms with Crippen LogP contribution in [-0.4, -0.2) is 29.7 Å². The smallest absolute Gasteiger partial charge is 0.305 e. The standard InChI is InChI=1S/C32H34N2O4/c1-4-37-32(36)13-8-18-38-30-12-6-5-11-28(30)33-31(35)20-24(3)26-14-15-29-27(21-26)16-17-34(29)22-25-10-7-9-23(2)19-25/h5-7,9-12,14-17,19-21H,4,8,13,18,22H2,1-3H3,(H,33,35)/b24-20+. The third-order valence-corrected chi connectivity index (χ3v) is 6.24. The molecule has 4 rings (SSSR count). The molecule has 0 aliphatic carbocycles. The Morgan fingerprint density at radius 3 is 2.66 bits per heavy atom. The van der Waals surface area contributed by atoms with E-state index in [-0.39, 0.29) is 11.9 Å². The Kier molecular flexibility index (Phi) is 8.98. The van der Waals surface area contributed by atoms with Gasteiger partial charge < -0.3 is 19.4 Å². The first-order valence-corrected chi connectivity index (χ1v) is 12.9. The number of anilines is 1. The van der Waals surface area contributed by atoms with Gasteiger partial charge in [0.2, 0.25) is 5.91 Å². The lowest BCUT2D eigenvalue weighted by molar-refractivity contribution is -0.143. The monoisotopic (exact) mass is 510 g/mol. The molecule has 1 amide bonds. The Morgan fingerprint density at radius 1 is 1.00 bits per heavy atom. The summed E-state index contributed by atoms with van der Waals surface area (Å²) < 4.78 is 13.0. The number of esters is 1. The second-order valence-electron chi connectivity index (χ2n) is 9.28. The molecule has 1 heterocycles. The Labute approximate surface area is 223 Å². The zero-order valence-corrected chi connectivity index (χ0v) is 22.2. The van der Waals surface area contributed by atoms with Gasteiger partial charge in [-0.3, -0.25) is 9.59 Å². The molecule has 4 aromatic rings. The first kappa shape index (κ1) is 26.7. The van der Waals surface area contributed by atoms with E-state index in [1.807, 2.05) is 19.1 Å². The zero-order valence-electron chi connectivity index (χ0n) is 22.2. The van der Waals surface area contributed by atoms with Crippen LogP contribution in [0.4, 0.5) is 5.69 Å². The SMILES string of the molecule is CCOC(=O)CCCOc1ccccc1NC(=O)/C=C(\C)c1ccc2c(ccn2Cc2cccc(C)c2)c1. The van der Waals surface area contributed by atoms with E-state index in [2.05, 4.69) is 71.5 Å². The van der Waals surface area contributed by atoms with Gasteiger partial charge in [0.1, 0.15) is 5.75 Å². The normalized spacial score (nSPS) is 11.4. The van der Waals surface area contributed by atoms with Crippen LogP contribution in [0.1, 0.15) is 43.4 Å². The number of nitrogens with zero attached hydrogens (tertiary/aromatic N) is 1. The van der Waals surface area contributed by atoms with Gasteiger partial charge in [-0.2, -0.15) is 0 Å². The summed E-state index contributed by atoms with van der Waals surface area (Å²) in [5.74, 6) is 0.0913. The number of rotatable bonds is 11. The van der Waals surface area contributed by atoms with Crippen molar-refractivity contribution in [1.29, 1.82) is 0 Å². The molecule has 0 spiro atoms. The molecule has 0 atom stereocenters. The van der Waals surface area contributed by atoms with Gasteiger partial charge in [-0.05, 0) is 74.2 Å². The number of allylic oxidation sites excluding steroid dienone is 1. The lowest BCUT2D eigenvalue weighted by Gasteiger charge is -2.12. The molecular weight excluding hydrogens is 476 g/mol. The van der Waals surface area contributed by atoms with Gasteiger partial charge in [0.05, 0.1) is 18.9 Å². The van der Waals surface area contributed by atoms with Crippen molar-refractivity contribution in [2.24, 2.45) is 0 Å². The quantitative estimate of drug-likeness (QED) is 0.137. The summed E-state index contributed by atoms with van der Waals surface area (Å²) in [6.07, 6.45) is 4.54. The number of hydrogen-bond donors (Lipinski definition) is 1. The van der Waals surface area contributed by atoms with Crippen molar-refractivity contribution in [3.05, 3.63) is 102 Å². The molecule has 0 unspecified atom stereocenters. The van der Waals surface area contributed by atoms with Crippen molar-refractivity contribution in [1.82, 2.24) is 4.57 Å². The van der Waals surface area contributed by atoms with Crippen LogP contribution in [0.5, 0.6) is 5.75 Å². The second kappa shape index (κ2) is 12.8. The Balaban J connectivity index is 1.40. The van der Waals surface area contributed by atoms with E-state index in [9.17, 15) is 9.59 Å². The first-order chi connectivity index (χ1) is 18.4. The highest BCUT2D eigenvalue weighted by Crippen LogP contribution is 2.26. The maximum absolute atomic E-state index is 12.8. The minimum atomic E-state index is -0.237. The van der Waals surface area contributed by atoms with E-state index in [1.54, 1.807) is 25.1 Å². The van der Waals surface area contributed by atoms with Crippen LogP contribution in [-0.2, 0) is 20.9 Å². The molecule has 0 saturated carbocycles. The minimum Gasteiger partial charge on any atom is -0.491 e. The molecule has 6 nitrogen and oxygen atoms in total. The van der Waals surface area contributed by atoms with Crippen LogP contribution in [0, 0.1) is 6.92 Å². The summed E-state index contributed by atoms with van der Waals surface area (Å²) in [7, 11) is 0. The first-order valence-electron chi connectivity index (χ1n) is 12.9. The summed E-state index contributed by atoms with van der Waals surface area (Å²) in [4.78, 5) is 24.3. The number of para-hydroxylation sites is 2. The number of ether oxygens (including phenoxy) is 2. The number of fused-ring (bicyclic) bond motifs is 1. The summed E-state index contributed by atoms with van der Waals surface area (Å²) in [5.41, 5.74) is 6.11. The fourth-order valence-corrected chi connectivity index (χ4v) is 4.37. The van der Waals surface area contributed by atoms with E-state index < -0.39 is 0 Å². The van der Waals surface area contributed by atoms with Gasteiger partial charge in [0.25, 0.3) is 0 Å². The Hall–Kier alpha value is -4.32. The molecule has 0 aliphatic heterocycles. The molecule has 6 heteroatoms. The Morgan fingerprint density at radius 2 is 1.84 bits per heavy atom. The largest absolute Gasteiger partial charge is 0.491 e. The minimum absolute atomic E-state index is 0.234. The van der Waals surface area contributed by atoms with E-state index in [1.165, 1.54) is 11.1 Å². The van der Waals surface area contributed by atoms with Crippen molar-refractivity contribution in [2.45, 2.75) is 40.2 Å². The van der Waals surface area contributed by atoms with Crippen LogP contribution in [0.2, 0.25) is 0 Å². The van der Waals surface area contributed by atoms with Gasteiger partial charge in [0, 0.05) is 36.1 Å². The van der Waals surface area contributed by atoms with Gasteiger partial charge >= 0.3 is 5.97 Å². The maximum Gasteiger partial charge on any atom is 0.305 e. The van der Waals surface area contributed by atoms with Crippen molar-refractivity contribution >= 4 is 34.0 Å². The second-order valence-corrected chi connectivity index (χ2v) is 9.28. The molecule has 3 aromatic carbocycles. The summed E-state index contributed by atoms with van der Waals surface area (Å²) in [5, 5.41) is 4.05. The molecule has 0 saturated heterocycles. The average molecular weight is 511 g/mol. The lowest BCUT2D eigenvalue weighted by Crippen LogP contribution is -2.11. The van der Waals surface area contributed by atoms with Crippen LogP contribution in [0.25, 0.3) is 16.5 Å². The van der Waals surface area contributed by atoms with Crippen molar-refractivity contribution in [3.63, 3.8) is 0 Å². The number of hydrogen-bond acceptors (Lipinski definition) is 4. The van der Waals surface area contributed by atoms with Crippen LogP contribution < -0.4 is 10.1 Å². The molecule has 0 bridgehead atoms. The molecule has 196 valence electrons. The number of amides is 1. The molecule has 0 fully saturated rings. The third kappa shape index (κ3) is 7.13. The van der Waals surface area contributed by atoms with E-state index in [4.69, 9.17) is 9.47 Å². The van der Waals surface area contributed by atoms with Gasteiger partial charge in [-0.15, -0.1) is 0 Å². The third-order valence-electron chi connectivity index (χ3n) is 6.24. The van der Waals surface area contributed by atoms with Crippen LogP contribution >= 0.6 is 0 Å². The number of carbonyl (C=O) groups excluding carboxylic acids is 2. The predicted molar refractivity (Wildman–Crippen MR) is 152 cm³/mol. The maximum atomic E-state index is 12.8. The zero-order chi connectivity index (χ0) is 26.9. The molecule has 0 aliphatic rings. The number of carbonyl (C=O) groups is 2. The number of aromatic nitrogens is 1. The molecule has 38 heavy (non-hydrogen) atoms. The highest BCUT2D eigenvalue weighted by Gasteiger charge is 2.09. The van der Waals surface area contributed by atoms with Crippen molar-refractivity contribution in [2.75, 3.05) is 18.5 Å². The number of nitrogens with one attached hydrogen (secondary N) is 1. The van der Waals surface area contributed by atoms with E-state index in [0.717, 1.165) is 28.6 Å². The summed E-state index contributed by atoms with van der Waals surface area (Å²) in [6, 6.07) is 24.2. The predicted octanol–water partition coefficient (Wildman–Crippen LogP) is 6.76. The van der Waals surface area contributed by atoms with Crippen LogP contribution in [0.3, 0.4) is 0 Å². The topological polar surface area (TPSA) is 69.6 Å². The molecule has 1 N–H and O–H groups in total. The highest BCUT2D eigenvalue weighted by molar-refractivity contribution is 6.04. The number of benzene rings is 3. The van der Waals surface area contributed by atoms with Gasteiger partial charge in [-0.25, -0.2) is 0 Å². The average Bonchev–Trinajstić information content (AvgIpc) is 3.29. The lowest BCUT2D eigenvalue weighted by atomic mass is 10.0. The van der Waals surface area contributed by atoms with Gasteiger partial charge in [-0.1, -0.05) is 48.0 Å². The fourth-order valence-electron chi connectivity index (χ4n) is 4.37. The van der Waals surface area contributed by atoms with E-state index in [0.29, 0.717) is 37.5 Å². The van der Waals surface area contributed by atoms with Crippen LogP contribution in [0.15, 0.2) is 85.1 Å². The van der Waals surface area contributed by atoms with E-state index >= 15 is 0 Å². The fraction of sp³-hybridized carbons (Fsp3) is 0.250. The Bertz CT molecular complexity index is 1450. The van der Waals surface area contributed by atoms with Crippen molar-refractivity contribution < 1.29 is 19.1 Å². The molecule has 1 aromatic heterocycles. The molecular formula is C32H34N2O4. The highest BCUT2D eigenvalue weighted by atomic mass is 16.5. The summed E-state index contributed by atoms with van der Waals surface area (Å²) >= 11 is 0. The summed E-state index contributed by atoms with van der Waals surface area (Å²) in [6.45, 7) is 7.36. The van der Waals surface area contributed by atoms with Crippen molar-refractivity contribution in [3.8, 4) is 5.75 Å². The van der Waals surface area contributed by atoms with Gasteiger partial charge in [0.15, 0.2) is 0 Å². The number of aryl methyl sites for hydroxylation is 1.